The molecule has 74 heavy (non-hydrogen) atoms. The van der Waals surface area contributed by atoms with E-state index >= 15 is 0 Å². The van der Waals surface area contributed by atoms with Gasteiger partial charge in [0.25, 0.3) is 0 Å². The van der Waals surface area contributed by atoms with E-state index in [-0.39, 0.29) is 18.5 Å². The van der Waals surface area contributed by atoms with Gasteiger partial charge in [0.2, 0.25) is 5.91 Å². The Labute approximate surface area is 460 Å². The summed E-state index contributed by atoms with van der Waals surface area (Å²) in [5.41, 5.74) is 0. The van der Waals surface area contributed by atoms with E-state index in [9.17, 15) is 19.8 Å². The highest BCUT2D eigenvalue weighted by molar-refractivity contribution is 5.76. The lowest BCUT2D eigenvalue weighted by Crippen LogP contribution is -2.45. The van der Waals surface area contributed by atoms with Crippen LogP contribution in [-0.2, 0) is 14.3 Å². The second kappa shape index (κ2) is 63.1. The topological polar surface area (TPSA) is 95.9 Å². The third kappa shape index (κ3) is 58.8. The Morgan fingerprint density at radius 2 is 0.689 bits per heavy atom. The van der Waals surface area contributed by atoms with E-state index in [2.05, 4.69) is 67.8 Å². The van der Waals surface area contributed by atoms with Gasteiger partial charge in [0.05, 0.1) is 25.4 Å². The van der Waals surface area contributed by atoms with Crippen LogP contribution in [0, 0.1) is 0 Å². The molecule has 0 aliphatic rings. The van der Waals surface area contributed by atoms with Crippen molar-refractivity contribution in [2.75, 3.05) is 13.2 Å². The first kappa shape index (κ1) is 71.6. The number of allylic oxidation sites excluding steroid dienone is 9. The normalized spacial score (nSPS) is 13.0. The Bertz CT molecular complexity index is 1290. The van der Waals surface area contributed by atoms with E-state index in [0.717, 1.165) is 57.8 Å². The first-order valence-corrected chi connectivity index (χ1v) is 32.6. The zero-order valence-electron chi connectivity index (χ0n) is 49.3. The Morgan fingerprint density at radius 1 is 0.378 bits per heavy atom. The summed E-state index contributed by atoms with van der Waals surface area (Å²) in [4.78, 5) is 24.5. The van der Waals surface area contributed by atoms with Gasteiger partial charge in [0, 0.05) is 12.8 Å². The van der Waals surface area contributed by atoms with Crippen LogP contribution in [0.2, 0.25) is 0 Å². The molecule has 0 rings (SSSR count). The van der Waals surface area contributed by atoms with E-state index in [4.69, 9.17) is 4.74 Å². The van der Waals surface area contributed by atoms with E-state index in [1.165, 1.54) is 250 Å². The second-order valence-electron chi connectivity index (χ2n) is 22.1. The van der Waals surface area contributed by atoms with Crippen LogP contribution < -0.4 is 5.32 Å². The minimum atomic E-state index is -0.846. The van der Waals surface area contributed by atoms with Crippen molar-refractivity contribution in [1.82, 2.24) is 5.32 Å². The number of hydrogen-bond acceptors (Lipinski definition) is 5. The fraction of sp³-hybridized carbons (Fsp3) is 0.824. The van der Waals surface area contributed by atoms with Crippen LogP contribution in [0.3, 0.4) is 0 Å². The molecular weight excluding hydrogens is 911 g/mol. The number of hydrogen-bond donors (Lipinski definition) is 3. The quantitative estimate of drug-likeness (QED) is 0.0320. The van der Waals surface area contributed by atoms with Gasteiger partial charge in [0.1, 0.15) is 0 Å². The number of esters is 1. The Hall–Kier alpha value is -2.44. The van der Waals surface area contributed by atoms with Crippen molar-refractivity contribution in [3.05, 3.63) is 60.8 Å². The van der Waals surface area contributed by atoms with Crippen molar-refractivity contribution in [3.63, 3.8) is 0 Å². The number of carbonyl (C=O) groups excluding carboxylic acids is 2. The Kier molecular flexibility index (Phi) is 61.0. The average molecular weight is 1040 g/mol. The first-order valence-electron chi connectivity index (χ1n) is 32.6. The van der Waals surface area contributed by atoms with E-state index in [1.807, 2.05) is 6.08 Å². The minimum absolute atomic E-state index is 0.00350. The molecule has 1 amide bonds. The van der Waals surface area contributed by atoms with Crippen LogP contribution in [-0.4, -0.2) is 47.4 Å². The third-order valence-corrected chi connectivity index (χ3v) is 14.8. The van der Waals surface area contributed by atoms with Gasteiger partial charge in [-0.1, -0.05) is 293 Å². The van der Waals surface area contributed by atoms with Crippen molar-refractivity contribution in [1.29, 1.82) is 0 Å². The summed E-state index contributed by atoms with van der Waals surface area (Å²) < 4.78 is 5.47. The van der Waals surface area contributed by atoms with Gasteiger partial charge in [-0.3, -0.25) is 9.59 Å². The summed E-state index contributed by atoms with van der Waals surface area (Å²) >= 11 is 0. The maximum atomic E-state index is 12.5. The molecule has 3 N–H and O–H groups in total. The van der Waals surface area contributed by atoms with Crippen LogP contribution in [0.4, 0.5) is 0 Å². The molecule has 0 fully saturated rings. The Balaban J connectivity index is 3.43. The number of unbranched alkanes of at least 4 members (excludes halogenated alkanes) is 41. The van der Waals surface area contributed by atoms with Gasteiger partial charge >= 0.3 is 5.97 Å². The highest BCUT2D eigenvalue weighted by Gasteiger charge is 2.18. The Morgan fingerprint density at radius 3 is 1.07 bits per heavy atom. The van der Waals surface area contributed by atoms with Crippen molar-refractivity contribution in [2.45, 2.75) is 347 Å². The van der Waals surface area contributed by atoms with Gasteiger partial charge in [-0.05, 0) is 89.9 Å². The molecule has 6 heteroatoms. The van der Waals surface area contributed by atoms with Gasteiger partial charge in [-0.15, -0.1) is 0 Å². The van der Waals surface area contributed by atoms with Crippen LogP contribution >= 0.6 is 0 Å². The van der Waals surface area contributed by atoms with Crippen molar-refractivity contribution < 1.29 is 24.5 Å². The summed E-state index contributed by atoms with van der Waals surface area (Å²) in [6.07, 6.45) is 82.8. The predicted molar refractivity (Wildman–Crippen MR) is 324 cm³/mol. The van der Waals surface area contributed by atoms with Gasteiger partial charge in [0.15, 0.2) is 0 Å². The zero-order valence-corrected chi connectivity index (χ0v) is 49.3. The molecule has 0 saturated carbocycles. The molecule has 0 aromatic rings. The number of rotatable bonds is 60. The lowest BCUT2D eigenvalue weighted by Gasteiger charge is -2.20. The van der Waals surface area contributed by atoms with Crippen molar-refractivity contribution in [2.24, 2.45) is 0 Å². The standard InChI is InChI=1S/C68H125NO5/c1-3-5-7-9-11-13-15-17-36-40-44-48-52-56-60-66(71)65(64-70)69-67(72)61-57-53-49-45-41-37-34-32-30-28-26-24-22-20-19-21-23-25-27-29-31-33-35-39-43-47-51-55-59-63-74-68(73)62-58-54-50-46-42-38-18-16-14-12-10-8-6-4-2/h10,12,16,18-19,21,25,27,56,60,65-66,70-71H,3-9,11,13-15,17,20,22-24,26,28-55,57-59,61-64H2,1-2H3,(H,69,72)/b12-10-,18-16-,21-19-,27-25-,60-56+. The van der Waals surface area contributed by atoms with Gasteiger partial charge in [-0.2, -0.15) is 0 Å². The van der Waals surface area contributed by atoms with E-state index in [0.29, 0.717) is 19.4 Å². The molecule has 0 heterocycles. The van der Waals surface area contributed by atoms with Gasteiger partial charge in [-0.25, -0.2) is 0 Å². The molecule has 0 spiro atoms. The highest BCUT2D eigenvalue weighted by Crippen LogP contribution is 2.17. The van der Waals surface area contributed by atoms with Crippen LogP contribution in [0.5, 0.6) is 0 Å². The average Bonchev–Trinajstić information content (AvgIpc) is 3.40. The first-order chi connectivity index (χ1) is 36.5. The number of carbonyl (C=O) groups is 2. The summed E-state index contributed by atoms with van der Waals surface area (Å²) in [5.74, 6) is -0.0723. The molecule has 432 valence electrons. The SMILES string of the molecule is CCCC/C=C\C/C=C\CCCCCCCC(=O)OCCCCCCCCCCC/C=C\C/C=C\CCCCCCCCCCCCCCCC(=O)NC(CO)C(O)/C=C/CCCCCCCCCCCCCC. The number of nitrogens with one attached hydrogen (secondary N) is 1. The fourth-order valence-corrected chi connectivity index (χ4v) is 9.74. The predicted octanol–water partition coefficient (Wildman–Crippen LogP) is 20.7. The summed E-state index contributed by atoms with van der Waals surface area (Å²) in [6, 6.07) is -0.629. The molecule has 0 aromatic heterocycles. The number of ether oxygens (including phenoxy) is 1. The lowest BCUT2D eigenvalue weighted by atomic mass is 10.0. The molecule has 0 radical (unpaired) electrons. The third-order valence-electron chi connectivity index (χ3n) is 14.8. The molecule has 2 atom stereocenters. The summed E-state index contributed by atoms with van der Waals surface area (Å²) in [5, 5.41) is 23.1. The van der Waals surface area contributed by atoms with E-state index < -0.39 is 12.1 Å². The monoisotopic (exact) mass is 1040 g/mol. The highest BCUT2D eigenvalue weighted by atomic mass is 16.5. The maximum absolute atomic E-state index is 12.5. The van der Waals surface area contributed by atoms with Crippen LogP contribution in [0.15, 0.2) is 60.8 Å². The largest absolute Gasteiger partial charge is 0.466 e. The van der Waals surface area contributed by atoms with Crippen LogP contribution in [0.25, 0.3) is 0 Å². The number of aliphatic hydroxyl groups excluding tert-OH is 2. The second-order valence-corrected chi connectivity index (χ2v) is 22.1. The summed E-state index contributed by atoms with van der Waals surface area (Å²) in [7, 11) is 0. The van der Waals surface area contributed by atoms with Gasteiger partial charge < -0.3 is 20.3 Å². The van der Waals surface area contributed by atoms with Crippen molar-refractivity contribution in [3.8, 4) is 0 Å². The molecule has 0 aliphatic heterocycles. The number of amides is 1. The molecule has 6 nitrogen and oxygen atoms in total. The lowest BCUT2D eigenvalue weighted by molar-refractivity contribution is -0.143. The van der Waals surface area contributed by atoms with Crippen molar-refractivity contribution >= 4 is 11.9 Å². The minimum Gasteiger partial charge on any atom is -0.466 e. The molecule has 0 bridgehead atoms. The molecule has 2 unspecified atom stereocenters. The molecular formula is C68H125NO5. The maximum Gasteiger partial charge on any atom is 0.305 e. The zero-order chi connectivity index (χ0) is 53.6. The fourth-order valence-electron chi connectivity index (χ4n) is 9.74. The molecule has 0 aliphatic carbocycles. The molecule has 0 aromatic carbocycles. The van der Waals surface area contributed by atoms with Crippen LogP contribution in [0.1, 0.15) is 335 Å². The molecule has 0 saturated heterocycles. The number of aliphatic hydroxyl groups is 2. The summed E-state index contributed by atoms with van der Waals surface area (Å²) in [6.45, 7) is 4.86. The van der Waals surface area contributed by atoms with E-state index in [1.54, 1.807) is 6.08 Å². The smallest absolute Gasteiger partial charge is 0.305 e.